The molecule has 0 radical (unpaired) electrons. The molecule has 0 saturated heterocycles. The minimum Gasteiger partial charge on any atom is -0.342 e. The minimum atomic E-state index is -0.463. The summed E-state index contributed by atoms with van der Waals surface area (Å²) >= 11 is 7.76. The van der Waals surface area contributed by atoms with Crippen LogP contribution in [-0.2, 0) is 10.2 Å². The van der Waals surface area contributed by atoms with Gasteiger partial charge in [0.15, 0.2) is 10.3 Å². The van der Waals surface area contributed by atoms with E-state index >= 15 is 0 Å². The monoisotopic (exact) mass is 372 g/mol. The van der Waals surface area contributed by atoms with Crippen molar-refractivity contribution in [3.8, 4) is 0 Å². The fraction of sp³-hybridized carbons (Fsp3) is 0.400. The van der Waals surface area contributed by atoms with E-state index in [9.17, 15) is 4.79 Å². The van der Waals surface area contributed by atoms with E-state index in [1.165, 1.54) is 11.3 Å². The summed E-state index contributed by atoms with van der Waals surface area (Å²) < 4.78 is 0.512. The highest BCUT2D eigenvalue weighted by atomic mass is 35.5. The SMILES string of the molecule is CC[C@@]1(c2ccccc2)C2=C(CC(C)(C)CC2=O)Nc2nc(Cl)sc21. The normalized spacial score (nSPS) is 24.6. The van der Waals surface area contributed by atoms with Crippen molar-refractivity contribution in [3.05, 3.63) is 56.5 Å². The summed E-state index contributed by atoms with van der Waals surface area (Å²) in [6, 6.07) is 10.3. The van der Waals surface area contributed by atoms with Gasteiger partial charge in [0.25, 0.3) is 0 Å². The Kier molecular flexibility index (Phi) is 3.82. The average molecular weight is 373 g/mol. The lowest BCUT2D eigenvalue weighted by Gasteiger charge is -2.44. The van der Waals surface area contributed by atoms with E-state index in [0.717, 1.165) is 40.4 Å². The largest absolute Gasteiger partial charge is 0.342 e. The van der Waals surface area contributed by atoms with E-state index in [1.807, 2.05) is 18.2 Å². The molecule has 1 aromatic heterocycles. The molecular formula is C20H21ClN2OS. The van der Waals surface area contributed by atoms with Gasteiger partial charge in [-0.2, -0.15) is 0 Å². The van der Waals surface area contributed by atoms with E-state index in [0.29, 0.717) is 10.9 Å². The van der Waals surface area contributed by atoms with Crippen molar-refractivity contribution in [3.63, 3.8) is 0 Å². The Balaban J connectivity index is 2.04. The highest BCUT2D eigenvalue weighted by Gasteiger charge is 2.50. The van der Waals surface area contributed by atoms with Crippen LogP contribution in [0.5, 0.6) is 0 Å². The third-order valence-corrected chi connectivity index (χ3v) is 6.68. The molecule has 0 bridgehead atoms. The Labute approximate surface area is 157 Å². The lowest BCUT2D eigenvalue weighted by atomic mass is 9.62. The smallest absolute Gasteiger partial charge is 0.185 e. The molecule has 1 aromatic carbocycles. The predicted molar refractivity (Wildman–Crippen MR) is 103 cm³/mol. The van der Waals surface area contributed by atoms with Gasteiger partial charge in [-0.25, -0.2) is 4.98 Å². The van der Waals surface area contributed by atoms with Crippen LogP contribution in [0.1, 0.15) is 50.5 Å². The third kappa shape index (κ3) is 2.46. The molecule has 0 fully saturated rings. The Bertz CT molecular complexity index is 884. The second kappa shape index (κ2) is 5.68. The number of fused-ring (bicyclic) bond motifs is 1. The number of nitrogens with one attached hydrogen (secondary N) is 1. The molecule has 1 aliphatic heterocycles. The highest BCUT2D eigenvalue weighted by Crippen LogP contribution is 2.56. The Hall–Kier alpha value is -1.65. The first-order valence-electron chi connectivity index (χ1n) is 8.63. The van der Waals surface area contributed by atoms with Gasteiger partial charge in [-0.15, -0.1) is 11.3 Å². The predicted octanol–water partition coefficient (Wildman–Crippen LogP) is 5.56. The molecule has 0 spiro atoms. The van der Waals surface area contributed by atoms with Gasteiger partial charge in [0.05, 0.1) is 10.3 Å². The van der Waals surface area contributed by atoms with Gasteiger partial charge in [-0.05, 0) is 23.8 Å². The maximum absolute atomic E-state index is 13.3. The van der Waals surface area contributed by atoms with E-state index in [1.54, 1.807) is 0 Å². The number of Topliss-reactive ketones (excluding diaryl/α,β-unsaturated/α-hetero) is 1. The lowest BCUT2D eigenvalue weighted by molar-refractivity contribution is -0.118. The van der Waals surface area contributed by atoms with Crippen molar-refractivity contribution in [2.24, 2.45) is 5.41 Å². The lowest BCUT2D eigenvalue weighted by Crippen LogP contribution is -2.42. The third-order valence-electron chi connectivity index (χ3n) is 5.36. The summed E-state index contributed by atoms with van der Waals surface area (Å²) in [5.41, 5.74) is 2.56. The number of nitrogens with zero attached hydrogens (tertiary/aromatic N) is 1. The summed E-state index contributed by atoms with van der Waals surface area (Å²) in [7, 11) is 0. The number of aromatic nitrogens is 1. The van der Waals surface area contributed by atoms with Crippen LogP contribution in [0.25, 0.3) is 0 Å². The Morgan fingerprint density at radius 1 is 1.24 bits per heavy atom. The summed E-state index contributed by atoms with van der Waals surface area (Å²) in [4.78, 5) is 18.8. The average Bonchev–Trinajstić information content (AvgIpc) is 2.92. The van der Waals surface area contributed by atoms with Crippen LogP contribution in [-0.4, -0.2) is 10.8 Å². The van der Waals surface area contributed by atoms with Crippen molar-refractivity contribution in [1.29, 1.82) is 0 Å². The number of carbonyl (C=O) groups is 1. The molecule has 2 aliphatic rings. The topological polar surface area (TPSA) is 42.0 Å². The fourth-order valence-electron chi connectivity index (χ4n) is 4.39. The Morgan fingerprint density at radius 2 is 1.96 bits per heavy atom. The molecule has 1 atom stereocenters. The standard InChI is InChI=1S/C20H21ClN2OS/c1-4-20(12-8-6-5-7-9-12)15-13(10-19(2,3)11-14(15)24)22-17-16(20)25-18(21)23-17/h5-9,22H,4,10-11H2,1-3H3/t20-/m1/s1. The van der Waals surface area contributed by atoms with E-state index < -0.39 is 5.41 Å². The van der Waals surface area contributed by atoms with Gasteiger partial charge in [-0.1, -0.05) is 62.7 Å². The maximum atomic E-state index is 13.3. The molecule has 130 valence electrons. The maximum Gasteiger partial charge on any atom is 0.185 e. The Morgan fingerprint density at radius 3 is 2.64 bits per heavy atom. The molecule has 2 aromatic rings. The number of benzene rings is 1. The molecule has 2 heterocycles. The molecule has 1 aliphatic carbocycles. The van der Waals surface area contributed by atoms with Crippen LogP contribution in [0.15, 0.2) is 41.6 Å². The van der Waals surface area contributed by atoms with Crippen LogP contribution in [0, 0.1) is 5.41 Å². The zero-order valence-corrected chi connectivity index (χ0v) is 16.2. The van der Waals surface area contributed by atoms with E-state index in [-0.39, 0.29) is 11.2 Å². The molecule has 1 N–H and O–H groups in total. The van der Waals surface area contributed by atoms with Crippen molar-refractivity contribution in [1.82, 2.24) is 4.98 Å². The molecule has 0 amide bonds. The zero-order chi connectivity index (χ0) is 17.8. The van der Waals surface area contributed by atoms with Crippen LogP contribution < -0.4 is 5.32 Å². The molecule has 25 heavy (non-hydrogen) atoms. The van der Waals surface area contributed by atoms with Crippen LogP contribution in [0.3, 0.4) is 0 Å². The molecule has 0 unspecified atom stereocenters. The quantitative estimate of drug-likeness (QED) is 0.750. The number of thiazole rings is 1. The first-order chi connectivity index (χ1) is 11.9. The molecule has 3 nitrogen and oxygen atoms in total. The van der Waals surface area contributed by atoms with E-state index in [4.69, 9.17) is 11.6 Å². The molecule has 5 heteroatoms. The zero-order valence-electron chi connectivity index (χ0n) is 14.6. The van der Waals surface area contributed by atoms with Gasteiger partial charge in [0.2, 0.25) is 0 Å². The molecule has 0 saturated carbocycles. The van der Waals surface area contributed by atoms with Crippen molar-refractivity contribution in [2.75, 3.05) is 5.32 Å². The van der Waals surface area contributed by atoms with Gasteiger partial charge in [-0.3, -0.25) is 4.79 Å². The number of ketones is 1. The van der Waals surface area contributed by atoms with Crippen LogP contribution in [0.4, 0.5) is 5.82 Å². The number of hydrogen-bond donors (Lipinski definition) is 1. The summed E-state index contributed by atoms with van der Waals surface area (Å²) in [6.45, 7) is 6.44. The number of hydrogen-bond acceptors (Lipinski definition) is 4. The van der Waals surface area contributed by atoms with Crippen molar-refractivity contribution < 1.29 is 4.79 Å². The molecular weight excluding hydrogens is 352 g/mol. The van der Waals surface area contributed by atoms with Gasteiger partial charge < -0.3 is 5.32 Å². The second-order valence-electron chi connectivity index (χ2n) is 7.69. The second-order valence-corrected chi connectivity index (χ2v) is 9.27. The van der Waals surface area contributed by atoms with Gasteiger partial charge in [0, 0.05) is 17.7 Å². The number of carbonyl (C=O) groups excluding carboxylic acids is 1. The van der Waals surface area contributed by atoms with Crippen LogP contribution in [0.2, 0.25) is 4.47 Å². The summed E-state index contributed by atoms with van der Waals surface area (Å²) in [6.07, 6.45) is 2.22. The molecule has 4 rings (SSSR count). The summed E-state index contributed by atoms with van der Waals surface area (Å²) in [5.74, 6) is 1.05. The number of anilines is 1. The van der Waals surface area contributed by atoms with Crippen molar-refractivity contribution in [2.45, 2.75) is 45.4 Å². The number of halogens is 1. The highest BCUT2D eigenvalue weighted by molar-refractivity contribution is 7.16. The van der Waals surface area contributed by atoms with Crippen LogP contribution >= 0.6 is 22.9 Å². The first-order valence-corrected chi connectivity index (χ1v) is 9.83. The summed E-state index contributed by atoms with van der Waals surface area (Å²) in [5, 5.41) is 3.44. The van der Waals surface area contributed by atoms with Crippen molar-refractivity contribution >= 4 is 34.5 Å². The van der Waals surface area contributed by atoms with Gasteiger partial charge >= 0.3 is 0 Å². The van der Waals surface area contributed by atoms with Gasteiger partial charge in [0.1, 0.15) is 5.82 Å². The first kappa shape index (κ1) is 16.8. The number of allylic oxidation sites excluding steroid dienone is 2. The minimum absolute atomic E-state index is 0.0452. The number of rotatable bonds is 2. The van der Waals surface area contributed by atoms with E-state index in [2.05, 4.69) is 43.2 Å². The fourth-order valence-corrected chi connectivity index (χ4v) is 5.74.